The van der Waals surface area contributed by atoms with Gasteiger partial charge in [0, 0.05) is 0 Å². The molecule has 4 aliphatic carbocycles. The molecule has 0 amide bonds. The molecule has 0 aromatic heterocycles. The Kier molecular flexibility index (Phi) is 8.97. The predicted molar refractivity (Wildman–Crippen MR) is 156 cm³/mol. The Morgan fingerprint density at radius 2 is 1.59 bits per heavy atom. The minimum absolute atomic E-state index is 0.0168. The quantitative estimate of drug-likeness (QED) is 0.234. The molecular formula is C33H50O11. The molecule has 11 heteroatoms. The molecule has 0 aromatic rings. The smallest absolute Gasteiger partial charge is 0.187 e. The van der Waals surface area contributed by atoms with Gasteiger partial charge in [-0.25, -0.2) is 0 Å². The summed E-state index contributed by atoms with van der Waals surface area (Å²) in [7, 11) is 0. The maximum atomic E-state index is 12.4. The first-order valence-electron chi connectivity index (χ1n) is 16.3. The van der Waals surface area contributed by atoms with Crippen LogP contribution in [0.4, 0.5) is 0 Å². The number of rotatable bonds is 6. The highest BCUT2D eigenvalue weighted by Gasteiger charge is 2.58. The summed E-state index contributed by atoms with van der Waals surface area (Å²) in [4.78, 5) is 12.4. The molecule has 0 spiro atoms. The first-order valence-corrected chi connectivity index (χ1v) is 16.3. The van der Waals surface area contributed by atoms with Gasteiger partial charge in [0.2, 0.25) is 0 Å². The van der Waals surface area contributed by atoms with E-state index in [0.717, 1.165) is 44.1 Å². The van der Waals surface area contributed by atoms with Crippen molar-refractivity contribution in [2.45, 2.75) is 140 Å². The van der Waals surface area contributed by atoms with Gasteiger partial charge in [0.05, 0.1) is 18.8 Å². The van der Waals surface area contributed by atoms with E-state index >= 15 is 0 Å². The molecule has 6 rings (SSSR count). The predicted octanol–water partition coefficient (Wildman–Crippen LogP) is 1.11. The summed E-state index contributed by atoms with van der Waals surface area (Å²) in [6.07, 6.45) is -2.79. The summed E-state index contributed by atoms with van der Waals surface area (Å²) < 4.78 is 23.8. The average Bonchev–Trinajstić information content (AvgIpc) is 3.36. The maximum Gasteiger partial charge on any atom is 0.187 e. The molecule has 44 heavy (non-hydrogen) atoms. The molecule has 0 radical (unpaired) electrons. The summed E-state index contributed by atoms with van der Waals surface area (Å²) in [5, 5.41) is 62.3. The topological polar surface area (TPSA) is 175 Å². The number of ether oxygens (including phenoxy) is 4. The van der Waals surface area contributed by atoms with Crippen LogP contribution in [0, 0.1) is 28.6 Å². The third kappa shape index (κ3) is 5.25. The monoisotopic (exact) mass is 622 g/mol. The summed E-state index contributed by atoms with van der Waals surface area (Å²) in [5.74, 6) is 1.71. The van der Waals surface area contributed by atoms with E-state index in [4.69, 9.17) is 18.9 Å². The molecule has 0 unspecified atom stereocenters. The van der Waals surface area contributed by atoms with Crippen molar-refractivity contribution in [3.63, 3.8) is 0 Å². The van der Waals surface area contributed by atoms with Gasteiger partial charge < -0.3 is 49.6 Å². The van der Waals surface area contributed by atoms with E-state index in [1.807, 2.05) is 0 Å². The molecule has 0 bridgehead atoms. The molecule has 0 aromatic carbocycles. The standard InChI is InChI=1S/C33H50O11/c1-15(35)20-7-8-21-19-6-5-17-13-18(9-11-32(17,3)22(19)10-12-33(20,21)4)42-31-29(27(39)25(37)23(14-34)43-31)44-30-28(40)26(38)24(36)16(2)41-30/h5,7,16,18-19,21-31,34,36-40H,6,8-14H2,1-4H3/t16-,18-,19-,21-,22-,23-,24-,25+,26-,27-,28+,29-,30-,31+,32-,33+/m0/s1. The zero-order valence-corrected chi connectivity index (χ0v) is 26.1. The van der Waals surface area contributed by atoms with Crippen LogP contribution in [0.25, 0.3) is 0 Å². The van der Waals surface area contributed by atoms with Crippen molar-refractivity contribution >= 4 is 5.78 Å². The van der Waals surface area contributed by atoms with Crippen LogP contribution in [0.3, 0.4) is 0 Å². The lowest BCUT2D eigenvalue weighted by Crippen LogP contribution is -2.64. The van der Waals surface area contributed by atoms with Crippen molar-refractivity contribution in [1.82, 2.24) is 0 Å². The van der Waals surface area contributed by atoms with Crippen LogP contribution in [0.1, 0.15) is 72.6 Å². The second kappa shape index (κ2) is 12.1. The maximum absolute atomic E-state index is 12.4. The van der Waals surface area contributed by atoms with Gasteiger partial charge in [-0.1, -0.05) is 31.6 Å². The Morgan fingerprint density at radius 1 is 0.864 bits per heavy atom. The Hall–Kier alpha value is -1.25. The Labute approximate surface area is 258 Å². The zero-order chi connectivity index (χ0) is 31.7. The number of aliphatic hydroxyl groups is 6. The molecular weight excluding hydrogens is 572 g/mol. The molecule has 248 valence electrons. The highest BCUT2D eigenvalue weighted by atomic mass is 16.8. The van der Waals surface area contributed by atoms with Crippen molar-refractivity contribution < 1.29 is 54.4 Å². The van der Waals surface area contributed by atoms with E-state index in [2.05, 4.69) is 26.0 Å². The molecule has 2 saturated carbocycles. The number of carbonyl (C=O) groups is 1. The fourth-order valence-electron chi connectivity index (χ4n) is 9.64. The zero-order valence-electron chi connectivity index (χ0n) is 26.1. The van der Waals surface area contributed by atoms with Crippen LogP contribution in [0.5, 0.6) is 0 Å². The lowest BCUT2D eigenvalue weighted by Gasteiger charge is -2.58. The second-order valence-electron chi connectivity index (χ2n) is 14.6. The molecule has 4 fully saturated rings. The molecule has 2 heterocycles. The Bertz CT molecular complexity index is 1160. The number of hydrogen-bond acceptors (Lipinski definition) is 11. The second-order valence-corrected chi connectivity index (χ2v) is 14.6. The lowest BCUT2D eigenvalue weighted by molar-refractivity contribution is -0.369. The summed E-state index contributed by atoms with van der Waals surface area (Å²) in [6, 6.07) is 0. The highest BCUT2D eigenvalue weighted by Crippen LogP contribution is 2.65. The minimum Gasteiger partial charge on any atom is -0.394 e. The Morgan fingerprint density at radius 3 is 2.30 bits per heavy atom. The molecule has 11 nitrogen and oxygen atoms in total. The highest BCUT2D eigenvalue weighted by molar-refractivity contribution is 5.95. The summed E-state index contributed by atoms with van der Waals surface area (Å²) in [6.45, 7) is 7.33. The van der Waals surface area contributed by atoms with Gasteiger partial charge in [-0.3, -0.25) is 4.79 Å². The van der Waals surface area contributed by atoms with Crippen LogP contribution in [0.2, 0.25) is 0 Å². The molecule has 2 aliphatic heterocycles. The summed E-state index contributed by atoms with van der Waals surface area (Å²) >= 11 is 0. The first kappa shape index (κ1) is 32.7. The van der Waals surface area contributed by atoms with Gasteiger partial charge in [0.15, 0.2) is 18.4 Å². The number of carbonyl (C=O) groups excluding carboxylic acids is 1. The van der Waals surface area contributed by atoms with Gasteiger partial charge >= 0.3 is 0 Å². The van der Waals surface area contributed by atoms with E-state index < -0.39 is 68.0 Å². The van der Waals surface area contributed by atoms with Gasteiger partial charge in [-0.2, -0.15) is 0 Å². The molecule has 16 atom stereocenters. The largest absolute Gasteiger partial charge is 0.394 e. The van der Waals surface area contributed by atoms with Gasteiger partial charge in [-0.15, -0.1) is 0 Å². The lowest BCUT2D eigenvalue weighted by atomic mass is 9.47. The van der Waals surface area contributed by atoms with Crippen LogP contribution in [-0.2, 0) is 23.7 Å². The number of ketones is 1. The number of fused-ring (bicyclic) bond motifs is 5. The van der Waals surface area contributed by atoms with E-state index in [0.29, 0.717) is 24.2 Å². The van der Waals surface area contributed by atoms with E-state index in [-0.39, 0.29) is 22.7 Å². The minimum atomic E-state index is -1.61. The molecule has 2 saturated heterocycles. The van der Waals surface area contributed by atoms with Gasteiger partial charge in [0.25, 0.3) is 0 Å². The van der Waals surface area contributed by atoms with Gasteiger partial charge in [0.1, 0.15) is 42.7 Å². The van der Waals surface area contributed by atoms with Crippen molar-refractivity contribution in [2.24, 2.45) is 28.6 Å². The fourth-order valence-corrected chi connectivity index (χ4v) is 9.64. The van der Waals surface area contributed by atoms with Crippen LogP contribution < -0.4 is 0 Å². The molecule has 6 N–H and O–H groups in total. The van der Waals surface area contributed by atoms with E-state index in [9.17, 15) is 35.4 Å². The normalized spacial score (nSPS) is 52.3. The number of hydrogen-bond donors (Lipinski definition) is 6. The third-order valence-electron chi connectivity index (χ3n) is 12.3. The van der Waals surface area contributed by atoms with Crippen molar-refractivity contribution in [3.8, 4) is 0 Å². The number of aliphatic hydroxyl groups excluding tert-OH is 6. The average molecular weight is 623 g/mol. The third-order valence-corrected chi connectivity index (χ3v) is 12.3. The van der Waals surface area contributed by atoms with Crippen molar-refractivity contribution in [1.29, 1.82) is 0 Å². The SMILES string of the molecule is CC(=O)C1=CC[C@H]2[C@@H]3CC=C4C[C@@H](O[C@@H]5O[C@@H](CO)[C@@H](O)[C@H](O)[C@@H]5O[C@@H]5O[C@@H](C)[C@H](O)[C@H](O)[C@H]5O)CC[C@]4(C)[C@H]3CC[C@]12C. The summed E-state index contributed by atoms with van der Waals surface area (Å²) in [5.41, 5.74) is 2.34. The van der Waals surface area contributed by atoms with Crippen molar-refractivity contribution in [3.05, 3.63) is 23.3 Å². The molecule has 6 aliphatic rings. The van der Waals surface area contributed by atoms with E-state index in [1.165, 1.54) is 12.5 Å². The van der Waals surface area contributed by atoms with Crippen molar-refractivity contribution in [2.75, 3.05) is 6.61 Å². The van der Waals surface area contributed by atoms with Gasteiger partial charge in [-0.05, 0) is 93.0 Å². The Balaban J connectivity index is 1.17. The fraction of sp³-hybridized carbons (Fsp3) is 0.848. The number of Topliss-reactive ketones (excluding diaryl/α,β-unsaturated/α-hetero) is 1. The van der Waals surface area contributed by atoms with Crippen LogP contribution >= 0.6 is 0 Å². The van der Waals surface area contributed by atoms with Crippen LogP contribution in [-0.4, -0.2) is 111 Å². The van der Waals surface area contributed by atoms with Crippen LogP contribution in [0.15, 0.2) is 23.3 Å². The number of allylic oxidation sites excluding steroid dienone is 3. The van der Waals surface area contributed by atoms with E-state index in [1.54, 1.807) is 6.92 Å². The first-order chi connectivity index (χ1) is 20.8.